The smallest absolute Gasteiger partial charge is 0.326 e. The molecule has 1 heterocycles. The van der Waals surface area contributed by atoms with Gasteiger partial charge in [0.25, 0.3) is 0 Å². The van der Waals surface area contributed by atoms with Crippen LogP contribution < -0.4 is 115 Å². The van der Waals surface area contributed by atoms with Crippen molar-refractivity contribution in [1.82, 2.24) is 79.4 Å². The van der Waals surface area contributed by atoms with Crippen LogP contribution in [0.3, 0.4) is 0 Å². The van der Waals surface area contributed by atoms with Crippen molar-refractivity contribution in [3.63, 3.8) is 0 Å². The fourth-order valence-electron chi connectivity index (χ4n) is 11.2. The molecule has 38 nitrogen and oxygen atoms in total. The van der Waals surface area contributed by atoms with Crippen LogP contribution in [0.25, 0.3) is 10.9 Å². The van der Waals surface area contributed by atoms with Crippen molar-refractivity contribution < 1.29 is 62.6 Å². The molecule has 40 heteroatoms. The van der Waals surface area contributed by atoms with Gasteiger partial charge in [-0.05, 0) is 152 Å². The molecule has 107 heavy (non-hydrogen) atoms. The molecular weight excluding hydrogens is 1430 g/mol. The number of carbonyl (C=O) groups excluding carboxylic acids is 11. The summed E-state index contributed by atoms with van der Waals surface area (Å²) < 4.78 is 0. The number of aromatic nitrogens is 1. The maximum absolute atomic E-state index is 15.0. The molecule has 1 aromatic carbocycles. The van der Waals surface area contributed by atoms with E-state index in [4.69, 9.17) is 56.4 Å². The predicted molar refractivity (Wildman–Crippen MR) is 413 cm³/mol. The van der Waals surface area contributed by atoms with E-state index in [9.17, 15) is 62.6 Å². The molecule has 0 spiro atoms. The van der Waals surface area contributed by atoms with E-state index in [1.54, 1.807) is 18.3 Å². The molecule has 33 N–H and O–H groups in total. The highest BCUT2D eigenvalue weighted by molar-refractivity contribution is 7.80. The zero-order chi connectivity index (χ0) is 80.1. The van der Waals surface area contributed by atoms with Gasteiger partial charge in [-0.2, -0.15) is 25.3 Å². The number of amides is 11. The number of aliphatic carboxylic acids is 1. The second kappa shape index (κ2) is 51.9. The zero-order valence-corrected chi connectivity index (χ0v) is 63.6. The van der Waals surface area contributed by atoms with Gasteiger partial charge in [-0.15, -0.1) is 0 Å². The third-order valence-electron chi connectivity index (χ3n) is 16.8. The monoisotopic (exact) mass is 1550 g/mol. The number of H-pyrrole nitrogens is 1. The van der Waals surface area contributed by atoms with E-state index in [1.165, 1.54) is 0 Å². The minimum atomic E-state index is -1.53. The number of carboxylic acid groups (broad SMARTS) is 1. The number of hydrogen-bond acceptors (Lipinski definition) is 21. The molecule has 2 aromatic rings. The first-order chi connectivity index (χ1) is 50.8. The number of aromatic amines is 1. The average molecular weight is 1550 g/mol. The van der Waals surface area contributed by atoms with Gasteiger partial charge in [0.2, 0.25) is 65.0 Å². The summed E-state index contributed by atoms with van der Waals surface area (Å²) in [5.74, 6) is -12.7. The van der Waals surface area contributed by atoms with Crippen LogP contribution in [-0.4, -0.2) is 223 Å². The molecule has 0 unspecified atom stereocenters. The minimum absolute atomic E-state index is 0.0251. The van der Waals surface area contributed by atoms with Gasteiger partial charge in [-0.3, -0.25) is 69.0 Å². The standard InChI is InChI=1S/C67H119N25O13S2/c1-37(2)30-48(82-53(93)33-71)59(99)89-49(31-38(3)4)60(100)90-50(32-39-34-81-41-17-6-5-16-40(39)41)61(101)86-45(22-14-28-79-66(74)75)55(95)84-43(19-8-11-25-69)58(98)91-52(36-107)63(103)92-51(35-106)62(102)87-46(23-15-29-80-67(76)77)56(96)85-44(21-13-27-78-65(72)73)54(94)83-42(18-7-10-24-68)57(97)88-47(64(104)105)20-9-12-26-70/h5-6,16-17,34,37-38,42-52,81,106-107H,7-15,18-33,35-36,68-71H2,1-4H3,(H,82,93)(H,83,94)(H,84,95)(H,85,96)(H,86,101)(H,87,102)(H,88,97)(H,89,99)(H,90,100)(H,91,98)(H,92,103)(H,104,105)(H4,72,73,78)(H4,74,75,79)(H4,76,77,80)/t42-,43-,44-,45-,46-,47-,48-,49-,50-,51-,52-/m0/s1. The van der Waals surface area contributed by atoms with Crippen LogP contribution >= 0.6 is 25.3 Å². The molecular formula is C67H119N25O13S2. The summed E-state index contributed by atoms with van der Waals surface area (Å²) in [7, 11) is 0. The number of guanidine groups is 3. The fraction of sp³-hybridized carbons (Fsp3) is 0.657. The number of thiol groups is 2. The van der Waals surface area contributed by atoms with Crippen molar-refractivity contribution in [3.05, 3.63) is 36.0 Å². The van der Waals surface area contributed by atoms with E-state index in [2.05, 4.69) is 105 Å². The maximum atomic E-state index is 15.0. The van der Waals surface area contributed by atoms with Crippen molar-refractivity contribution in [2.75, 3.05) is 57.3 Å². The Kier molecular flexibility index (Phi) is 45.5. The lowest BCUT2D eigenvalue weighted by Crippen LogP contribution is -2.61. The number of nitrogens with one attached hydrogen (secondary N) is 18. The number of unbranched alkanes of at least 4 members (excludes halogenated alkanes) is 3. The molecule has 1 aromatic heterocycles. The van der Waals surface area contributed by atoms with E-state index in [0.29, 0.717) is 55.1 Å². The number of carbonyl (C=O) groups is 12. The lowest BCUT2D eigenvalue weighted by molar-refractivity contribution is -0.142. The Morgan fingerprint density at radius 1 is 0.402 bits per heavy atom. The number of para-hydroxylation sites is 1. The third kappa shape index (κ3) is 37.2. The van der Waals surface area contributed by atoms with Gasteiger partial charge in [0.05, 0.1) is 6.54 Å². The highest BCUT2D eigenvalue weighted by atomic mass is 32.1. The Labute approximate surface area is 635 Å². The average Bonchev–Trinajstić information content (AvgIpc) is 1.74. The summed E-state index contributed by atoms with van der Waals surface area (Å²) in [6.07, 6.45) is 4.04. The van der Waals surface area contributed by atoms with Crippen molar-refractivity contribution in [3.8, 4) is 0 Å². The zero-order valence-electron chi connectivity index (χ0n) is 61.8. The van der Waals surface area contributed by atoms with E-state index in [-0.39, 0.29) is 152 Å². The first-order valence-electron chi connectivity index (χ1n) is 36.2. The summed E-state index contributed by atoms with van der Waals surface area (Å²) in [4.78, 5) is 172. The molecule has 0 aliphatic heterocycles. The van der Waals surface area contributed by atoms with E-state index in [1.807, 2.05) is 39.8 Å². The van der Waals surface area contributed by atoms with Crippen LogP contribution in [0.2, 0.25) is 0 Å². The van der Waals surface area contributed by atoms with Crippen LogP contribution in [0, 0.1) is 28.1 Å². The highest BCUT2D eigenvalue weighted by Gasteiger charge is 2.37. The SMILES string of the molecule is CC(C)C[C@H](NC(=O)CN)C(=O)N[C@@H](CC(C)C)C(=O)N[C@@H](Cc1c[nH]c2ccccc12)C(=O)N[C@@H](CCCNC(=N)N)C(=O)N[C@@H](CCCCN)C(=O)N[C@@H](CS)C(=O)N[C@@H](CS)C(=O)N[C@@H](CCCNC(=N)N)C(=O)N[C@@H](CCCNC(=N)N)C(=O)N[C@@H](CCCCN)C(=O)N[C@@H](CCCCN)C(=O)O. The summed E-state index contributed by atoms with van der Waals surface area (Å²) >= 11 is 8.68. The number of fused-ring (bicyclic) bond motifs is 1. The molecule has 2 rings (SSSR count). The molecule has 0 fully saturated rings. The predicted octanol–water partition coefficient (Wildman–Crippen LogP) is -4.78. The fourth-order valence-corrected chi connectivity index (χ4v) is 11.7. The molecule has 0 saturated carbocycles. The Morgan fingerprint density at radius 3 is 1.03 bits per heavy atom. The van der Waals surface area contributed by atoms with Gasteiger partial charge in [0.15, 0.2) is 17.9 Å². The number of benzene rings is 1. The normalized spacial score (nSPS) is 14.2. The number of rotatable bonds is 55. The van der Waals surface area contributed by atoms with E-state index in [0.717, 1.165) is 0 Å². The summed E-state index contributed by atoms with van der Waals surface area (Å²) in [5, 5.41) is 70.6. The van der Waals surface area contributed by atoms with Gasteiger partial charge >= 0.3 is 5.97 Å². The molecule has 0 saturated heterocycles. The van der Waals surface area contributed by atoms with Crippen molar-refractivity contribution in [2.24, 2.45) is 52.0 Å². The van der Waals surface area contributed by atoms with E-state index < -0.39 is 149 Å². The summed E-state index contributed by atoms with van der Waals surface area (Å²) in [6.45, 7) is 7.84. The molecule has 602 valence electrons. The molecule has 0 aliphatic rings. The second-order valence-electron chi connectivity index (χ2n) is 26.8. The summed E-state index contributed by atoms with van der Waals surface area (Å²) in [5.41, 5.74) is 40.7. The van der Waals surface area contributed by atoms with Crippen LogP contribution in [0.5, 0.6) is 0 Å². The van der Waals surface area contributed by atoms with Crippen molar-refractivity contribution >= 4 is 125 Å². The van der Waals surface area contributed by atoms with Crippen molar-refractivity contribution in [1.29, 1.82) is 16.2 Å². The highest BCUT2D eigenvalue weighted by Crippen LogP contribution is 2.21. The largest absolute Gasteiger partial charge is 0.480 e. The van der Waals surface area contributed by atoms with Crippen molar-refractivity contribution in [2.45, 2.75) is 210 Å². The Balaban J connectivity index is 2.58. The first kappa shape index (κ1) is 93.8. The topological polar surface area (TPSA) is 663 Å². The lowest BCUT2D eigenvalue weighted by atomic mass is 9.99. The van der Waals surface area contributed by atoms with Gasteiger partial charge in [-0.1, -0.05) is 45.9 Å². The molecule has 0 bridgehead atoms. The molecule has 11 amide bonds. The number of nitrogens with two attached hydrogens (primary N) is 7. The van der Waals surface area contributed by atoms with Crippen LogP contribution in [0.15, 0.2) is 30.5 Å². The Hall–Kier alpha value is -9.25. The van der Waals surface area contributed by atoms with Gasteiger partial charge in [0, 0.05) is 54.7 Å². The van der Waals surface area contributed by atoms with Gasteiger partial charge < -0.3 is 125 Å². The number of hydrogen-bond donors (Lipinski definition) is 28. The van der Waals surface area contributed by atoms with Crippen LogP contribution in [-0.2, 0) is 64.0 Å². The summed E-state index contributed by atoms with van der Waals surface area (Å²) in [6, 6.07) is -7.95. The Morgan fingerprint density at radius 2 is 0.692 bits per heavy atom. The van der Waals surface area contributed by atoms with Gasteiger partial charge in [-0.25, -0.2) is 4.79 Å². The minimum Gasteiger partial charge on any atom is -0.480 e. The van der Waals surface area contributed by atoms with Crippen LogP contribution in [0.4, 0.5) is 0 Å². The van der Waals surface area contributed by atoms with Gasteiger partial charge in [0.1, 0.15) is 66.5 Å². The van der Waals surface area contributed by atoms with Crippen LogP contribution in [0.1, 0.15) is 142 Å². The van der Waals surface area contributed by atoms with E-state index >= 15 is 0 Å². The second-order valence-corrected chi connectivity index (χ2v) is 27.5. The molecule has 0 aliphatic carbocycles. The first-order valence-corrected chi connectivity index (χ1v) is 37.5. The lowest BCUT2D eigenvalue weighted by Gasteiger charge is -2.28. The maximum Gasteiger partial charge on any atom is 0.326 e. The Bertz CT molecular complexity index is 3220. The quantitative estimate of drug-likeness (QED) is 0.0128. The molecule has 11 atom stereocenters. The number of carboxylic acids is 1. The molecule has 0 radical (unpaired) electrons. The third-order valence-corrected chi connectivity index (χ3v) is 17.6.